The summed E-state index contributed by atoms with van der Waals surface area (Å²) in [6, 6.07) is 1.96. The van der Waals surface area contributed by atoms with Gasteiger partial charge in [0, 0.05) is 11.5 Å². The zero-order chi connectivity index (χ0) is 15.8. The van der Waals surface area contributed by atoms with Gasteiger partial charge in [0.05, 0.1) is 11.3 Å². The third-order valence-corrected chi connectivity index (χ3v) is 3.84. The van der Waals surface area contributed by atoms with Gasteiger partial charge in [-0.05, 0) is 31.6 Å². The summed E-state index contributed by atoms with van der Waals surface area (Å²) in [6.07, 6.45) is 0.899. The molecule has 2 N–H and O–H groups in total. The Morgan fingerprint density at radius 2 is 2.00 bits per heavy atom. The molecule has 0 spiro atoms. The van der Waals surface area contributed by atoms with Crippen LogP contribution in [-0.2, 0) is 5.41 Å². The minimum Gasteiger partial charge on any atom is -0.297 e. The first kappa shape index (κ1) is 15.6. The third-order valence-electron chi connectivity index (χ3n) is 3.55. The zero-order valence-electron chi connectivity index (χ0n) is 13.0. The van der Waals surface area contributed by atoms with E-state index >= 15 is 0 Å². The molecule has 0 aliphatic heterocycles. The van der Waals surface area contributed by atoms with E-state index in [1.54, 1.807) is 6.07 Å². The van der Waals surface area contributed by atoms with Gasteiger partial charge in [-0.1, -0.05) is 27.7 Å². The number of rotatable bonds is 3. The van der Waals surface area contributed by atoms with Crippen LogP contribution in [0.2, 0.25) is 0 Å². The Hall–Kier alpha value is -1.76. The molecule has 2 aromatic heterocycles. The third kappa shape index (κ3) is 2.97. The Kier molecular flexibility index (Phi) is 4.13. The Bertz CT molecular complexity index is 750. The van der Waals surface area contributed by atoms with Crippen molar-refractivity contribution in [1.29, 1.82) is 0 Å². The van der Waals surface area contributed by atoms with Gasteiger partial charge >= 0.3 is 0 Å². The fourth-order valence-electron chi connectivity index (χ4n) is 2.04. The summed E-state index contributed by atoms with van der Waals surface area (Å²) in [4.78, 5) is 12.2. The lowest BCUT2D eigenvalue weighted by atomic mass is 9.91. The van der Waals surface area contributed by atoms with Gasteiger partial charge in [0.2, 0.25) is 0 Å². The number of H-pyrrole nitrogens is 2. The number of hydrogen-bond donors (Lipinski definition) is 2. The van der Waals surface area contributed by atoms with Crippen molar-refractivity contribution >= 4 is 12.2 Å². The van der Waals surface area contributed by atoms with Crippen LogP contribution in [0, 0.1) is 4.77 Å². The Morgan fingerprint density at radius 3 is 2.57 bits per heavy atom. The molecule has 0 aliphatic rings. The van der Waals surface area contributed by atoms with Gasteiger partial charge in [-0.15, -0.1) is 0 Å². The first-order chi connectivity index (χ1) is 9.75. The second-order valence-corrected chi connectivity index (χ2v) is 6.61. The van der Waals surface area contributed by atoms with Crippen LogP contribution in [-0.4, -0.2) is 25.0 Å². The van der Waals surface area contributed by atoms with E-state index in [1.165, 1.54) is 0 Å². The molecular formula is C14H21N5OS. The summed E-state index contributed by atoms with van der Waals surface area (Å²) in [5.41, 5.74) is 0.874. The lowest BCUT2D eigenvalue weighted by Crippen LogP contribution is -2.21. The number of aromatic nitrogens is 5. The van der Waals surface area contributed by atoms with E-state index in [2.05, 4.69) is 34.2 Å². The summed E-state index contributed by atoms with van der Waals surface area (Å²) in [5, 5.41) is 13.7. The van der Waals surface area contributed by atoms with Crippen molar-refractivity contribution in [1.82, 2.24) is 25.0 Å². The molecule has 1 unspecified atom stereocenters. The smallest absolute Gasteiger partial charge is 0.275 e. The number of aromatic amines is 2. The minimum absolute atomic E-state index is 0.159. The van der Waals surface area contributed by atoms with E-state index in [0.717, 1.165) is 12.1 Å². The van der Waals surface area contributed by atoms with Crippen LogP contribution in [0.4, 0.5) is 0 Å². The van der Waals surface area contributed by atoms with Crippen LogP contribution < -0.4 is 5.56 Å². The molecule has 0 fully saturated rings. The lowest BCUT2D eigenvalue weighted by molar-refractivity contribution is 0.527. The Balaban J connectivity index is 2.68. The minimum atomic E-state index is -0.262. The maximum Gasteiger partial charge on any atom is 0.275 e. The standard InChI is InChI=1S/C14H21N5OS/c1-6-8(2)19-11(16-18-13(19)21)9-7-10(14(3,4)5)15-17-12(9)20/h7-8H,6H2,1-5H3,(H,17,20)(H,18,21). The van der Waals surface area contributed by atoms with Gasteiger partial charge in [0.25, 0.3) is 5.56 Å². The predicted molar refractivity (Wildman–Crippen MR) is 85.0 cm³/mol. The maximum absolute atomic E-state index is 12.2. The highest BCUT2D eigenvalue weighted by Gasteiger charge is 2.21. The van der Waals surface area contributed by atoms with Gasteiger partial charge in [-0.2, -0.15) is 10.2 Å². The van der Waals surface area contributed by atoms with Crippen LogP contribution in [0.1, 0.15) is 52.8 Å². The monoisotopic (exact) mass is 307 g/mol. The van der Waals surface area contributed by atoms with Crippen molar-refractivity contribution in [3.63, 3.8) is 0 Å². The first-order valence-corrected chi connectivity index (χ1v) is 7.44. The van der Waals surface area contributed by atoms with Crippen molar-refractivity contribution in [3.8, 4) is 11.4 Å². The molecule has 2 aromatic rings. The molecule has 0 saturated carbocycles. The van der Waals surface area contributed by atoms with Gasteiger partial charge in [-0.3, -0.25) is 14.5 Å². The highest BCUT2D eigenvalue weighted by Crippen LogP contribution is 2.24. The Morgan fingerprint density at radius 1 is 1.33 bits per heavy atom. The second kappa shape index (κ2) is 5.55. The topological polar surface area (TPSA) is 79.4 Å². The van der Waals surface area contributed by atoms with Gasteiger partial charge < -0.3 is 0 Å². The van der Waals surface area contributed by atoms with Crippen molar-refractivity contribution in [3.05, 3.63) is 26.9 Å². The molecule has 21 heavy (non-hydrogen) atoms. The number of hydrogen-bond acceptors (Lipinski definition) is 4. The molecular weight excluding hydrogens is 286 g/mol. The van der Waals surface area contributed by atoms with E-state index in [9.17, 15) is 4.79 Å². The van der Waals surface area contributed by atoms with Crippen LogP contribution >= 0.6 is 12.2 Å². The van der Waals surface area contributed by atoms with Crippen LogP contribution in [0.5, 0.6) is 0 Å². The molecule has 0 aliphatic carbocycles. The molecule has 0 bridgehead atoms. The Labute approximate surface area is 128 Å². The summed E-state index contributed by atoms with van der Waals surface area (Å²) in [7, 11) is 0. The second-order valence-electron chi connectivity index (χ2n) is 6.23. The summed E-state index contributed by atoms with van der Waals surface area (Å²) in [6.45, 7) is 10.3. The summed E-state index contributed by atoms with van der Waals surface area (Å²) in [5.74, 6) is 0.559. The van der Waals surface area contributed by atoms with Crippen molar-refractivity contribution in [2.24, 2.45) is 0 Å². The molecule has 114 valence electrons. The molecule has 0 saturated heterocycles. The van der Waals surface area contributed by atoms with Crippen molar-refractivity contribution in [2.45, 2.75) is 52.5 Å². The lowest BCUT2D eigenvalue weighted by Gasteiger charge is -2.18. The van der Waals surface area contributed by atoms with Crippen LogP contribution in [0.3, 0.4) is 0 Å². The molecule has 0 amide bonds. The average Bonchev–Trinajstić information content (AvgIpc) is 2.79. The quantitative estimate of drug-likeness (QED) is 0.854. The van der Waals surface area contributed by atoms with E-state index in [0.29, 0.717) is 16.2 Å². The molecule has 2 heterocycles. The van der Waals surface area contributed by atoms with Crippen LogP contribution in [0.25, 0.3) is 11.4 Å². The molecule has 7 heteroatoms. The SMILES string of the molecule is CCC(C)n1c(-c2cc(C(C)(C)C)n[nH]c2=O)n[nH]c1=S. The summed E-state index contributed by atoms with van der Waals surface area (Å²) < 4.78 is 2.40. The van der Waals surface area contributed by atoms with Gasteiger partial charge in [-0.25, -0.2) is 5.10 Å². The maximum atomic E-state index is 12.2. The zero-order valence-corrected chi connectivity index (χ0v) is 13.8. The van der Waals surface area contributed by atoms with E-state index < -0.39 is 0 Å². The largest absolute Gasteiger partial charge is 0.297 e. The predicted octanol–water partition coefficient (Wildman–Crippen LogP) is 2.96. The first-order valence-electron chi connectivity index (χ1n) is 7.03. The van der Waals surface area contributed by atoms with E-state index in [1.807, 2.05) is 25.3 Å². The highest BCUT2D eigenvalue weighted by atomic mass is 32.1. The van der Waals surface area contributed by atoms with Crippen LogP contribution in [0.15, 0.2) is 10.9 Å². The normalized spacial score (nSPS) is 13.4. The average molecular weight is 307 g/mol. The fraction of sp³-hybridized carbons (Fsp3) is 0.571. The van der Waals surface area contributed by atoms with Crippen molar-refractivity contribution < 1.29 is 0 Å². The number of nitrogens with zero attached hydrogens (tertiary/aromatic N) is 3. The van der Waals surface area contributed by atoms with E-state index in [-0.39, 0.29) is 17.0 Å². The van der Waals surface area contributed by atoms with Gasteiger partial charge in [0.1, 0.15) is 0 Å². The molecule has 0 aromatic carbocycles. The number of nitrogens with one attached hydrogen (secondary N) is 2. The highest BCUT2D eigenvalue weighted by molar-refractivity contribution is 7.71. The fourth-order valence-corrected chi connectivity index (χ4v) is 2.35. The molecule has 6 nitrogen and oxygen atoms in total. The molecule has 0 radical (unpaired) electrons. The molecule has 2 rings (SSSR count). The van der Waals surface area contributed by atoms with E-state index in [4.69, 9.17) is 12.2 Å². The van der Waals surface area contributed by atoms with Gasteiger partial charge in [0.15, 0.2) is 10.6 Å². The summed E-state index contributed by atoms with van der Waals surface area (Å²) >= 11 is 5.28. The molecule has 1 atom stereocenters. The van der Waals surface area contributed by atoms with Crippen molar-refractivity contribution in [2.75, 3.05) is 0 Å².